The summed E-state index contributed by atoms with van der Waals surface area (Å²) in [4.78, 5) is 11.5. The molecule has 0 radical (unpaired) electrons. The molecule has 5 heteroatoms. The van der Waals surface area contributed by atoms with E-state index < -0.39 is 11.7 Å². The molecule has 1 saturated heterocycles. The molecule has 0 atom stereocenters. The molecule has 80 valence electrons. The molecule has 15 heavy (non-hydrogen) atoms. The zero-order valence-electron chi connectivity index (χ0n) is 7.96. The maximum atomic E-state index is 13.2. The molecule has 0 saturated carbocycles. The van der Waals surface area contributed by atoms with Gasteiger partial charge in [-0.05, 0) is 12.1 Å². The minimum Gasteiger partial charge on any atom is -0.508 e. The minimum absolute atomic E-state index is 0.0419. The van der Waals surface area contributed by atoms with E-state index in [0.29, 0.717) is 13.1 Å². The van der Waals surface area contributed by atoms with Gasteiger partial charge in [-0.25, -0.2) is 4.39 Å². The second-order valence-electron chi connectivity index (χ2n) is 3.49. The lowest BCUT2D eigenvalue weighted by atomic mass is 10.1. The van der Waals surface area contributed by atoms with Crippen molar-refractivity contribution in [2.75, 3.05) is 13.1 Å². The van der Waals surface area contributed by atoms with E-state index in [2.05, 4.69) is 10.6 Å². The molecular weight excluding hydrogens is 199 g/mol. The van der Waals surface area contributed by atoms with Gasteiger partial charge in [0.15, 0.2) is 0 Å². The Balaban J connectivity index is 2.10. The highest BCUT2D eigenvalue weighted by atomic mass is 19.1. The third-order valence-corrected chi connectivity index (χ3v) is 2.31. The van der Waals surface area contributed by atoms with Gasteiger partial charge < -0.3 is 15.7 Å². The van der Waals surface area contributed by atoms with Gasteiger partial charge in [-0.3, -0.25) is 4.79 Å². The third-order valence-electron chi connectivity index (χ3n) is 2.31. The summed E-state index contributed by atoms with van der Waals surface area (Å²) in [7, 11) is 0. The molecule has 1 fully saturated rings. The van der Waals surface area contributed by atoms with E-state index in [1.165, 1.54) is 12.1 Å². The number of rotatable bonds is 2. The Morgan fingerprint density at radius 2 is 2.27 bits per heavy atom. The fourth-order valence-corrected chi connectivity index (χ4v) is 1.34. The highest BCUT2D eigenvalue weighted by molar-refractivity contribution is 5.94. The quantitative estimate of drug-likeness (QED) is 0.655. The van der Waals surface area contributed by atoms with Crippen molar-refractivity contribution >= 4 is 5.91 Å². The van der Waals surface area contributed by atoms with Crippen molar-refractivity contribution < 1.29 is 14.3 Å². The Bertz CT molecular complexity index is 391. The zero-order chi connectivity index (χ0) is 10.8. The summed E-state index contributed by atoms with van der Waals surface area (Å²) in [6.07, 6.45) is 0. The molecule has 0 aromatic heterocycles. The van der Waals surface area contributed by atoms with Gasteiger partial charge in [0.05, 0.1) is 11.6 Å². The number of benzene rings is 1. The standard InChI is InChI=1S/C10H11FN2O2/c11-9-3-7(14)1-2-8(9)10(15)13-6-4-12-5-6/h1-3,6,12,14H,4-5H2,(H,13,15). The summed E-state index contributed by atoms with van der Waals surface area (Å²) in [5.74, 6) is -1.34. The van der Waals surface area contributed by atoms with Gasteiger partial charge in [0.1, 0.15) is 11.6 Å². The first kappa shape index (κ1) is 9.92. The number of nitrogens with one attached hydrogen (secondary N) is 2. The van der Waals surface area contributed by atoms with E-state index in [1.807, 2.05) is 0 Å². The van der Waals surface area contributed by atoms with Crippen molar-refractivity contribution in [3.8, 4) is 5.75 Å². The van der Waals surface area contributed by atoms with Crippen molar-refractivity contribution in [1.82, 2.24) is 10.6 Å². The second-order valence-corrected chi connectivity index (χ2v) is 3.49. The van der Waals surface area contributed by atoms with Crippen molar-refractivity contribution in [3.05, 3.63) is 29.6 Å². The topological polar surface area (TPSA) is 61.4 Å². The fraction of sp³-hybridized carbons (Fsp3) is 0.300. The predicted molar refractivity (Wildman–Crippen MR) is 52.2 cm³/mol. The average Bonchev–Trinajstić information content (AvgIpc) is 2.11. The summed E-state index contributed by atoms with van der Waals surface area (Å²) in [5, 5.41) is 14.6. The van der Waals surface area contributed by atoms with Crippen LogP contribution in [0.25, 0.3) is 0 Å². The number of hydrogen-bond donors (Lipinski definition) is 3. The van der Waals surface area contributed by atoms with Crippen LogP contribution in [-0.4, -0.2) is 30.1 Å². The van der Waals surface area contributed by atoms with Crippen LogP contribution in [0.15, 0.2) is 18.2 Å². The molecule has 0 aliphatic carbocycles. The largest absolute Gasteiger partial charge is 0.508 e. The van der Waals surface area contributed by atoms with Crippen LogP contribution in [0, 0.1) is 5.82 Å². The average molecular weight is 210 g/mol. The van der Waals surface area contributed by atoms with Crippen LogP contribution in [0.3, 0.4) is 0 Å². The van der Waals surface area contributed by atoms with Gasteiger partial charge in [0, 0.05) is 19.2 Å². The Morgan fingerprint density at radius 1 is 1.53 bits per heavy atom. The molecule has 0 spiro atoms. The lowest BCUT2D eigenvalue weighted by Gasteiger charge is -2.27. The Morgan fingerprint density at radius 3 is 2.80 bits per heavy atom. The maximum absolute atomic E-state index is 13.2. The summed E-state index contributed by atoms with van der Waals surface area (Å²) >= 11 is 0. The van der Waals surface area contributed by atoms with E-state index in [-0.39, 0.29) is 17.4 Å². The SMILES string of the molecule is O=C(NC1CNC1)c1ccc(O)cc1F. The highest BCUT2D eigenvalue weighted by Gasteiger charge is 2.21. The molecule has 3 N–H and O–H groups in total. The number of aromatic hydroxyl groups is 1. The molecule has 0 unspecified atom stereocenters. The van der Waals surface area contributed by atoms with E-state index in [1.54, 1.807) is 0 Å². The number of amides is 1. The first-order chi connectivity index (χ1) is 7.16. The predicted octanol–water partition coefficient (Wildman–Crippen LogP) is 0.233. The number of carbonyl (C=O) groups is 1. The first-order valence-corrected chi connectivity index (χ1v) is 4.67. The Kier molecular flexibility index (Phi) is 2.55. The molecule has 1 heterocycles. The van der Waals surface area contributed by atoms with E-state index in [9.17, 15) is 9.18 Å². The van der Waals surface area contributed by atoms with Crippen molar-refractivity contribution in [2.24, 2.45) is 0 Å². The highest BCUT2D eigenvalue weighted by Crippen LogP contribution is 2.15. The van der Waals surface area contributed by atoms with Crippen LogP contribution < -0.4 is 10.6 Å². The van der Waals surface area contributed by atoms with Crippen LogP contribution in [0.1, 0.15) is 10.4 Å². The van der Waals surface area contributed by atoms with E-state index in [4.69, 9.17) is 5.11 Å². The summed E-state index contributed by atoms with van der Waals surface area (Å²) in [6.45, 7) is 1.43. The third kappa shape index (κ3) is 2.07. The van der Waals surface area contributed by atoms with Crippen LogP contribution in [-0.2, 0) is 0 Å². The van der Waals surface area contributed by atoms with Gasteiger partial charge in [-0.2, -0.15) is 0 Å². The molecule has 1 aromatic rings. The normalized spacial score (nSPS) is 15.8. The first-order valence-electron chi connectivity index (χ1n) is 4.67. The molecule has 1 amide bonds. The lowest BCUT2D eigenvalue weighted by molar-refractivity contribution is 0.0920. The zero-order valence-corrected chi connectivity index (χ0v) is 7.96. The van der Waals surface area contributed by atoms with Gasteiger partial charge in [0.2, 0.25) is 0 Å². The van der Waals surface area contributed by atoms with Crippen LogP contribution in [0.2, 0.25) is 0 Å². The van der Waals surface area contributed by atoms with Crippen LogP contribution in [0.4, 0.5) is 4.39 Å². The molecular formula is C10H11FN2O2. The smallest absolute Gasteiger partial charge is 0.254 e. The Labute approximate surface area is 86.1 Å². The number of halogens is 1. The number of phenolic OH excluding ortho intramolecular Hbond substituents is 1. The van der Waals surface area contributed by atoms with Gasteiger partial charge >= 0.3 is 0 Å². The van der Waals surface area contributed by atoms with Crippen molar-refractivity contribution in [2.45, 2.75) is 6.04 Å². The van der Waals surface area contributed by atoms with Gasteiger partial charge in [-0.1, -0.05) is 0 Å². The second kappa shape index (κ2) is 3.86. The minimum atomic E-state index is -0.709. The molecule has 4 nitrogen and oxygen atoms in total. The van der Waals surface area contributed by atoms with Gasteiger partial charge in [0.25, 0.3) is 5.91 Å². The number of hydrogen-bond acceptors (Lipinski definition) is 3. The number of phenols is 1. The molecule has 1 aliphatic rings. The summed E-state index contributed by atoms with van der Waals surface area (Å²) < 4.78 is 13.2. The number of carbonyl (C=O) groups excluding carboxylic acids is 1. The van der Waals surface area contributed by atoms with Crippen molar-refractivity contribution in [3.63, 3.8) is 0 Å². The van der Waals surface area contributed by atoms with Crippen LogP contribution >= 0.6 is 0 Å². The molecule has 1 aromatic carbocycles. The lowest BCUT2D eigenvalue weighted by Crippen LogP contribution is -2.57. The molecule has 0 bridgehead atoms. The monoisotopic (exact) mass is 210 g/mol. The molecule has 1 aliphatic heterocycles. The maximum Gasteiger partial charge on any atom is 0.254 e. The molecule has 2 rings (SSSR count). The van der Waals surface area contributed by atoms with Gasteiger partial charge in [-0.15, -0.1) is 0 Å². The van der Waals surface area contributed by atoms with E-state index in [0.717, 1.165) is 6.07 Å². The summed E-state index contributed by atoms with van der Waals surface area (Å²) in [5.41, 5.74) is -0.0419. The summed E-state index contributed by atoms with van der Waals surface area (Å²) in [6, 6.07) is 3.56. The fourth-order valence-electron chi connectivity index (χ4n) is 1.34. The van der Waals surface area contributed by atoms with E-state index >= 15 is 0 Å². The van der Waals surface area contributed by atoms with Crippen molar-refractivity contribution in [1.29, 1.82) is 0 Å². The Hall–Kier alpha value is -1.62. The van der Waals surface area contributed by atoms with Crippen LogP contribution in [0.5, 0.6) is 5.75 Å².